The monoisotopic (exact) mass is 310 g/mol. The molecule has 0 saturated heterocycles. The zero-order chi connectivity index (χ0) is 16.7. The largest absolute Gasteiger partial charge is 0.480 e. The molecule has 0 unspecified atom stereocenters. The van der Waals surface area contributed by atoms with E-state index in [0.717, 1.165) is 0 Å². The first kappa shape index (κ1) is 17.6. The smallest absolute Gasteiger partial charge is 0.326 e. The average molecular weight is 310 g/mol. The molecular weight excluding hydrogens is 291 g/mol. The molecule has 1 rings (SSSR count). The van der Waals surface area contributed by atoms with Crippen molar-refractivity contribution in [3.8, 4) is 0 Å². The van der Waals surface area contributed by atoms with Gasteiger partial charge in [-0.3, -0.25) is 9.59 Å². The van der Waals surface area contributed by atoms with Crippen molar-refractivity contribution < 1.29 is 23.9 Å². The Morgan fingerprint density at radius 2 is 1.73 bits per heavy atom. The molecular formula is C15H19FN2O4. The van der Waals surface area contributed by atoms with Gasteiger partial charge in [-0.05, 0) is 24.1 Å². The number of hydrogen-bond donors (Lipinski definition) is 3. The maximum atomic E-state index is 12.9. The van der Waals surface area contributed by atoms with Crippen molar-refractivity contribution in [1.29, 1.82) is 0 Å². The van der Waals surface area contributed by atoms with E-state index in [4.69, 9.17) is 5.11 Å². The van der Waals surface area contributed by atoms with Crippen LogP contribution < -0.4 is 10.6 Å². The summed E-state index contributed by atoms with van der Waals surface area (Å²) in [5, 5.41) is 13.8. The third kappa shape index (κ3) is 5.51. The number of carbonyl (C=O) groups excluding carboxylic acids is 2. The number of benzene rings is 1. The summed E-state index contributed by atoms with van der Waals surface area (Å²) in [4.78, 5) is 34.3. The van der Waals surface area contributed by atoms with Crippen LogP contribution in [-0.2, 0) is 20.8 Å². The van der Waals surface area contributed by atoms with E-state index < -0.39 is 35.7 Å². The number of carbonyl (C=O) groups is 3. The van der Waals surface area contributed by atoms with Gasteiger partial charge in [-0.25, -0.2) is 9.18 Å². The van der Waals surface area contributed by atoms with Crippen molar-refractivity contribution in [1.82, 2.24) is 10.6 Å². The van der Waals surface area contributed by atoms with E-state index in [0.29, 0.717) is 5.56 Å². The molecule has 0 bridgehead atoms. The highest BCUT2D eigenvalue weighted by Crippen LogP contribution is 2.07. The number of hydrogen-bond acceptors (Lipinski definition) is 3. The number of carboxylic acids is 1. The lowest BCUT2D eigenvalue weighted by Gasteiger charge is -2.20. The van der Waals surface area contributed by atoms with E-state index in [1.54, 1.807) is 6.92 Å². The minimum atomic E-state index is -1.14. The molecule has 0 aliphatic carbocycles. The van der Waals surface area contributed by atoms with Crippen LogP contribution in [0.4, 0.5) is 4.39 Å². The second-order valence-corrected chi connectivity index (χ2v) is 4.89. The fourth-order valence-electron chi connectivity index (χ4n) is 1.92. The molecule has 3 N–H and O–H groups in total. The maximum Gasteiger partial charge on any atom is 0.326 e. The first-order valence-electron chi connectivity index (χ1n) is 6.88. The Bertz CT molecular complexity index is 545. The van der Waals surface area contributed by atoms with Gasteiger partial charge in [0.05, 0.1) is 0 Å². The summed E-state index contributed by atoms with van der Waals surface area (Å²) >= 11 is 0. The quantitative estimate of drug-likeness (QED) is 0.696. The fourth-order valence-corrected chi connectivity index (χ4v) is 1.92. The number of carboxylic acid groups (broad SMARTS) is 1. The lowest BCUT2D eigenvalue weighted by Crippen LogP contribution is -2.51. The van der Waals surface area contributed by atoms with Gasteiger partial charge in [0.25, 0.3) is 0 Å². The lowest BCUT2D eigenvalue weighted by atomic mass is 10.0. The number of aliphatic carboxylic acids is 1. The highest BCUT2D eigenvalue weighted by molar-refractivity contribution is 5.90. The molecule has 0 aliphatic rings. The average Bonchev–Trinajstić information content (AvgIpc) is 2.45. The second kappa shape index (κ2) is 8.11. The topological polar surface area (TPSA) is 95.5 Å². The first-order valence-corrected chi connectivity index (χ1v) is 6.88. The summed E-state index contributed by atoms with van der Waals surface area (Å²) in [5.74, 6) is -2.54. The van der Waals surface area contributed by atoms with Crippen molar-refractivity contribution >= 4 is 17.8 Å². The van der Waals surface area contributed by atoms with Gasteiger partial charge >= 0.3 is 5.97 Å². The first-order chi connectivity index (χ1) is 10.3. The minimum Gasteiger partial charge on any atom is -0.480 e. The molecule has 0 heterocycles. The summed E-state index contributed by atoms with van der Waals surface area (Å²) in [7, 11) is 0. The highest BCUT2D eigenvalue weighted by Gasteiger charge is 2.25. The third-order valence-corrected chi connectivity index (χ3v) is 3.07. The fraction of sp³-hybridized carbons (Fsp3) is 0.400. The number of halogens is 1. The Morgan fingerprint density at radius 1 is 1.14 bits per heavy atom. The molecule has 0 saturated carbocycles. The minimum absolute atomic E-state index is 0.141. The predicted octanol–water partition coefficient (Wildman–Crippen LogP) is 0.852. The SMILES string of the molecule is CC[C@H](NC(=O)[C@@H](Cc1ccc(F)cc1)NC(C)=O)C(=O)O. The normalized spacial score (nSPS) is 13.0. The summed E-state index contributed by atoms with van der Waals surface area (Å²) in [6, 6.07) is 3.58. The van der Waals surface area contributed by atoms with E-state index in [-0.39, 0.29) is 12.8 Å². The molecule has 7 heteroatoms. The third-order valence-electron chi connectivity index (χ3n) is 3.07. The summed E-state index contributed by atoms with van der Waals surface area (Å²) in [5.41, 5.74) is 0.652. The van der Waals surface area contributed by atoms with Crippen molar-refractivity contribution in [3.63, 3.8) is 0 Å². The van der Waals surface area contributed by atoms with Crippen molar-refractivity contribution in [3.05, 3.63) is 35.6 Å². The van der Waals surface area contributed by atoms with Gasteiger partial charge in [-0.15, -0.1) is 0 Å². The summed E-state index contributed by atoms with van der Waals surface area (Å²) in [6.07, 6.45) is 0.367. The molecule has 2 amide bonds. The number of rotatable bonds is 7. The van der Waals surface area contributed by atoms with Crippen LogP contribution in [-0.4, -0.2) is 35.0 Å². The van der Waals surface area contributed by atoms with Crippen LogP contribution in [0.3, 0.4) is 0 Å². The number of nitrogens with one attached hydrogen (secondary N) is 2. The Morgan fingerprint density at radius 3 is 2.18 bits per heavy atom. The van der Waals surface area contributed by atoms with Crippen molar-refractivity contribution in [2.75, 3.05) is 0 Å². The van der Waals surface area contributed by atoms with Crippen LogP contribution in [0.2, 0.25) is 0 Å². The molecule has 1 aromatic rings. The van der Waals surface area contributed by atoms with Gasteiger partial charge in [-0.1, -0.05) is 19.1 Å². The van der Waals surface area contributed by atoms with Crippen molar-refractivity contribution in [2.45, 2.75) is 38.8 Å². The van der Waals surface area contributed by atoms with Gasteiger partial charge < -0.3 is 15.7 Å². The second-order valence-electron chi connectivity index (χ2n) is 4.89. The van der Waals surface area contributed by atoms with Crippen molar-refractivity contribution in [2.24, 2.45) is 0 Å². The molecule has 0 aromatic heterocycles. The lowest BCUT2D eigenvalue weighted by molar-refractivity contribution is -0.142. The molecule has 22 heavy (non-hydrogen) atoms. The van der Waals surface area contributed by atoms with E-state index in [9.17, 15) is 18.8 Å². The van der Waals surface area contributed by atoms with Gasteiger partial charge in [0.15, 0.2) is 0 Å². The van der Waals surface area contributed by atoms with Gasteiger partial charge in [-0.2, -0.15) is 0 Å². The van der Waals surface area contributed by atoms with E-state index >= 15 is 0 Å². The molecule has 0 fully saturated rings. The van der Waals surface area contributed by atoms with Crippen LogP contribution in [0.1, 0.15) is 25.8 Å². The summed E-state index contributed by atoms with van der Waals surface area (Å²) in [6.45, 7) is 2.89. The van der Waals surface area contributed by atoms with Crippen LogP contribution in [0.5, 0.6) is 0 Å². The van der Waals surface area contributed by atoms with E-state index in [2.05, 4.69) is 10.6 Å². The predicted molar refractivity (Wildman–Crippen MR) is 77.6 cm³/mol. The Labute approximate surface area is 127 Å². The maximum absolute atomic E-state index is 12.9. The van der Waals surface area contributed by atoms with Crippen LogP contribution in [0.25, 0.3) is 0 Å². The molecule has 1 aromatic carbocycles. The number of amides is 2. The zero-order valence-corrected chi connectivity index (χ0v) is 12.4. The molecule has 2 atom stereocenters. The Hall–Kier alpha value is -2.44. The van der Waals surface area contributed by atoms with Gasteiger partial charge in [0, 0.05) is 13.3 Å². The zero-order valence-electron chi connectivity index (χ0n) is 12.4. The molecule has 0 aliphatic heterocycles. The van der Waals surface area contributed by atoms with Crippen LogP contribution in [0, 0.1) is 5.82 Å². The van der Waals surface area contributed by atoms with E-state index in [1.165, 1.54) is 31.2 Å². The van der Waals surface area contributed by atoms with Gasteiger partial charge in [0.2, 0.25) is 11.8 Å². The molecule has 0 radical (unpaired) electrons. The molecule has 120 valence electrons. The van der Waals surface area contributed by atoms with E-state index in [1.807, 2.05) is 0 Å². The summed E-state index contributed by atoms with van der Waals surface area (Å²) < 4.78 is 12.9. The Kier molecular flexibility index (Phi) is 6.49. The molecule has 6 nitrogen and oxygen atoms in total. The highest BCUT2D eigenvalue weighted by atomic mass is 19.1. The molecule has 0 spiro atoms. The van der Waals surface area contributed by atoms with Crippen LogP contribution >= 0.6 is 0 Å². The Balaban J connectivity index is 2.82. The van der Waals surface area contributed by atoms with Crippen LogP contribution in [0.15, 0.2) is 24.3 Å². The van der Waals surface area contributed by atoms with Gasteiger partial charge in [0.1, 0.15) is 17.9 Å². The standard InChI is InChI=1S/C15H19FN2O4/c1-3-12(15(21)22)18-14(20)13(17-9(2)19)8-10-4-6-11(16)7-5-10/h4-7,12-13H,3,8H2,1-2H3,(H,17,19)(H,18,20)(H,21,22)/t12-,13+/m0/s1.